The zero-order valence-corrected chi connectivity index (χ0v) is 41.1. The molecule has 14 rings (SSSR count). The molecule has 0 amide bonds. The highest BCUT2D eigenvalue weighted by Crippen LogP contribution is 2.60. The van der Waals surface area contributed by atoms with Gasteiger partial charge in [-0.25, -0.2) is 0 Å². The van der Waals surface area contributed by atoms with Crippen LogP contribution in [0.4, 0.5) is 17.1 Å². The normalized spacial score (nSPS) is 17.0. The molecule has 0 aliphatic heterocycles. The van der Waals surface area contributed by atoms with Gasteiger partial charge < -0.3 is 4.90 Å². The first-order chi connectivity index (χ1) is 36.0. The van der Waals surface area contributed by atoms with Gasteiger partial charge in [0.05, 0.1) is 10.8 Å². The molecule has 1 nitrogen and oxygen atoms in total. The van der Waals surface area contributed by atoms with Crippen LogP contribution >= 0.6 is 0 Å². The largest absolute Gasteiger partial charge is 0.310 e. The smallest absolute Gasteiger partial charge is 0.0713 e. The zero-order chi connectivity index (χ0) is 48.7. The van der Waals surface area contributed by atoms with Gasteiger partial charge in [0, 0.05) is 22.5 Å². The van der Waals surface area contributed by atoms with Crippen molar-refractivity contribution >= 4 is 22.6 Å². The number of hydrogen-bond donors (Lipinski definition) is 0. The van der Waals surface area contributed by atoms with Crippen molar-refractivity contribution in [3.8, 4) is 33.4 Å². The lowest BCUT2D eigenvalue weighted by Gasteiger charge is -2.35. The van der Waals surface area contributed by atoms with E-state index in [0.29, 0.717) is 0 Å². The van der Waals surface area contributed by atoms with E-state index in [1.54, 1.807) is 0 Å². The van der Waals surface area contributed by atoms with E-state index >= 15 is 0 Å². The summed E-state index contributed by atoms with van der Waals surface area (Å²) in [5.74, 6) is 0. The Morgan fingerprint density at radius 2 is 0.822 bits per heavy atom. The molecule has 0 heterocycles. The minimum Gasteiger partial charge on any atom is -0.310 e. The Morgan fingerprint density at radius 1 is 0.342 bits per heavy atom. The molecule has 4 aliphatic rings. The SMILES string of the molecule is CC1(C)c2ccccc2-c2ccc(N(c3ccc(-c4cccc5c4-c4ccccc4C5(c4ccccc4)c4ccccc4)cc3)c3ccc(C4(c5ccccc5)C5=C(CC=CC=C5)c5ccccc54)cc3)cc21. The lowest BCUT2D eigenvalue weighted by molar-refractivity contribution is 0.660. The molecular formula is C72H53N. The molecule has 1 atom stereocenters. The van der Waals surface area contributed by atoms with Gasteiger partial charge in [0.25, 0.3) is 0 Å². The average molecular weight is 932 g/mol. The van der Waals surface area contributed by atoms with Gasteiger partial charge in [-0.15, -0.1) is 0 Å². The highest BCUT2D eigenvalue weighted by molar-refractivity contribution is 5.96. The summed E-state index contributed by atoms with van der Waals surface area (Å²) >= 11 is 0. The Balaban J connectivity index is 0.932. The molecule has 10 aromatic rings. The van der Waals surface area contributed by atoms with Gasteiger partial charge in [0.1, 0.15) is 0 Å². The van der Waals surface area contributed by atoms with Crippen LogP contribution in [0.5, 0.6) is 0 Å². The molecule has 1 heteroatoms. The van der Waals surface area contributed by atoms with Crippen molar-refractivity contribution in [2.24, 2.45) is 0 Å². The van der Waals surface area contributed by atoms with Crippen LogP contribution in [0.1, 0.15) is 75.9 Å². The molecule has 0 spiro atoms. The van der Waals surface area contributed by atoms with Crippen LogP contribution in [-0.4, -0.2) is 0 Å². The van der Waals surface area contributed by atoms with Crippen LogP contribution in [0.3, 0.4) is 0 Å². The first-order valence-corrected chi connectivity index (χ1v) is 25.8. The fourth-order valence-corrected chi connectivity index (χ4v) is 13.6. The van der Waals surface area contributed by atoms with E-state index < -0.39 is 10.8 Å². The van der Waals surface area contributed by atoms with Gasteiger partial charge in [-0.1, -0.05) is 250 Å². The second-order valence-electron chi connectivity index (χ2n) is 20.6. The standard InChI is InChI=1S/C72H53N/c1-70(2)63-33-18-15-29-58(63)61-47-46-56(48-68(61)70)73(55-44-40-53(41-45-55)71(50-22-7-3-8-23-50)64-34-14-6-13-28-59(64)60-30-16-19-35-65(60)71)54-42-38-49(39-43-54)57-32-21-37-67-69(57)62-31-17-20-36-66(62)72(67,51-24-9-4-10-25-51)52-26-11-5-12-27-52/h3-27,29-48H,28H2,1-2H3. The van der Waals surface area contributed by atoms with E-state index in [9.17, 15) is 0 Å². The summed E-state index contributed by atoms with van der Waals surface area (Å²) in [7, 11) is 0. The summed E-state index contributed by atoms with van der Waals surface area (Å²) < 4.78 is 0. The fraction of sp³-hybridized carbons (Fsp3) is 0.0833. The lowest BCUT2D eigenvalue weighted by atomic mass is 9.66. The summed E-state index contributed by atoms with van der Waals surface area (Å²) in [5, 5.41) is 0. The number of nitrogens with zero attached hydrogens (tertiary/aromatic N) is 1. The van der Waals surface area contributed by atoms with Crippen molar-refractivity contribution in [1.82, 2.24) is 0 Å². The van der Waals surface area contributed by atoms with E-state index in [-0.39, 0.29) is 5.41 Å². The highest BCUT2D eigenvalue weighted by atomic mass is 15.1. The first kappa shape index (κ1) is 43.0. The molecule has 4 aliphatic carbocycles. The first-order valence-electron chi connectivity index (χ1n) is 25.8. The van der Waals surface area contributed by atoms with E-state index in [0.717, 1.165) is 23.5 Å². The summed E-state index contributed by atoms with van der Waals surface area (Å²) in [5.41, 5.74) is 25.8. The Labute approximate surface area is 429 Å². The maximum absolute atomic E-state index is 2.46. The molecule has 346 valence electrons. The van der Waals surface area contributed by atoms with Gasteiger partial charge in [-0.3, -0.25) is 0 Å². The monoisotopic (exact) mass is 931 g/mol. The van der Waals surface area contributed by atoms with Crippen molar-refractivity contribution in [2.45, 2.75) is 36.5 Å². The Hall–Kier alpha value is -8.78. The van der Waals surface area contributed by atoms with Gasteiger partial charge >= 0.3 is 0 Å². The van der Waals surface area contributed by atoms with Gasteiger partial charge in [-0.05, 0) is 143 Å². The molecule has 0 fully saturated rings. The second kappa shape index (κ2) is 16.7. The van der Waals surface area contributed by atoms with Crippen molar-refractivity contribution in [3.63, 3.8) is 0 Å². The van der Waals surface area contributed by atoms with Crippen LogP contribution in [-0.2, 0) is 16.2 Å². The fourth-order valence-electron chi connectivity index (χ4n) is 13.6. The van der Waals surface area contributed by atoms with Gasteiger partial charge in [-0.2, -0.15) is 0 Å². The van der Waals surface area contributed by atoms with Crippen molar-refractivity contribution in [3.05, 3.63) is 334 Å². The van der Waals surface area contributed by atoms with Crippen LogP contribution < -0.4 is 4.90 Å². The molecule has 0 saturated heterocycles. The predicted octanol–water partition coefficient (Wildman–Crippen LogP) is 18.1. The average Bonchev–Trinajstić information content (AvgIpc) is 3.89. The molecule has 0 bridgehead atoms. The van der Waals surface area contributed by atoms with Crippen LogP contribution in [0.2, 0.25) is 0 Å². The van der Waals surface area contributed by atoms with E-state index in [4.69, 9.17) is 0 Å². The third-order valence-corrected chi connectivity index (χ3v) is 16.7. The number of fused-ring (bicyclic) bond motifs is 8. The highest BCUT2D eigenvalue weighted by Gasteiger charge is 2.48. The number of benzene rings is 10. The van der Waals surface area contributed by atoms with E-state index in [1.807, 2.05) is 0 Å². The molecule has 1 unspecified atom stereocenters. The summed E-state index contributed by atoms with van der Waals surface area (Å²) in [6.07, 6.45) is 9.98. The minimum absolute atomic E-state index is 0.148. The van der Waals surface area contributed by atoms with Crippen molar-refractivity contribution in [1.29, 1.82) is 0 Å². The topological polar surface area (TPSA) is 3.24 Å². The van der Waals surface area contributed by atoms with Crippen LogP contribution in [0.25, 0.3) is 39.0 Å². The maximum atomic E-state index is 2.46. The van der Waals surface area contributed by atoms with Gasteiger partial charge in [0.2, 0.25) is 0 Å². The number of rotatable bonds is 8. The van der Waals surface area contributed by atoms with E-state index in [2.05, 4.69) is 292 Å². The summed E-state index contributed by atoms with van der Waals surface area (Å²) in [6.45, 7) is 4.75. The number of hydrogen-bond acceptors (Lipinski definition) is 1. The maximum Gasteiger partial charge on any atom is 0.0713 e. The molecule has 0 saturated carbocycles. The molecule has 0 aromatic heterocycles. The Morgan fingerprint density at radius 3 is 1.48 bits per heavy atom. The summed E-state index contributed by atoms with van der Waals surface area (Å²) in [6, 6.07) is 93.3. The third kappa shape index (κ3) is 6.22. The van der Waals surface area contributed by atoms with Crippen molar-refractivity contribution in [2.75, 3.05) is 4.90 Å². The molecular weight excluding hydrogens is 879 g/mol. The predicted molar refractivity (Wildman–Crippen MR) is 304 cm³/mol. The number of anilines is 3. The van der Waals surface area contributed by atoms with Crippen LogP contribution in [0.15, 0.2) is 279 Å². The molecule has 0 radical (unpaired) electrons. The molecule has 0 N–H and O–H groups in total. The van der Waals surface area contributed by atoms with Crippen molar-refractivity contribution < 1.29 is 0 Å². The van der Waals surface area contributed by atoms with Crippen LogP contribution in [0, 0.1) is 0 Å². The van der Waals surface area contributed by atoms with E-state index in [1.165, 1.54) is 100 Å². The molecule has 10 aromatic carbocycles. The lowest BCUT2D eigenvalue weighted by Crippen LogP contribution is -2.29. The molecule has 73 heavy (non-hydrogen) atoms. The summed E-state index contributed by atoms with van der Waals surface area (Å²) in [4.78, 5) is 2.46. The van der Waals surface area contributed by atoms with Gasteiger partial charge in [0.15, 0.2) is 0 Å². The zero-order valence-electron chi connectivity index (χ0n) is 41.1. The number of allylic oxidation sites excluding steroid dienone is 6. The minimum atomic E-state index is -0.475. The Kier molecular flexibility index (Phi) is 9.82. The Bertz CT molecular complexity index is 3830. The third-order valence-electron chi connectivity index (χ3n) is 16.7. The second-order valence-corrected chi connectivity index (χ2v) is 20.6. The quantitative estimate of drug-likeness (QED) is 0.147.